The molecule has 0 bridgehead atoms. The van der Waals surface area contributed by atoms with Crippen LogP contribution in [0.1, 0.15) is 46.0 Å². The first-order chi connectivity index (χ1) is 9.88. The summed E-state index contributed by atoms with van der Waals surface area (Å²) in [7, 11) is 0. The van der Waals surface area contributed by atoms with Gasteiger partial charge in [-0.15, -0.1) is 0 Å². The number of nitrogens with one attached hydrogen (secondary N) is 1. The average molecular weight is 296 g/mol. The number of aliphatic hydroxyl groups excluding tert-OH is 1. The normalized spacial score (nSPS) is 30.1. The standard InChI is InChI=1S/C15H24N2O4/c1-9(2)16-14(20)11-5-3-10(4-6-11)8-17-13(19)7-12(18)15(17)21/h9-12,18H,3-8H2,1-2H3,(H,16,20). The van der Waals surface area contributed by atoms with Crippen LogP contribution in [0, 0.1) is 11.8 Å². The van der Waals surface area contributed by atoms with E-state index in [1.807, 2.05) is 13.8 Å². The Labute approximate surface area is 124 Å². The minimum Gasteiger partial charge on any atom is -0.383 e. The van der Waals surface area contributed by atoms with Crippen LogP contribution in [0.25, 0.3) is 0 Å². The van der Waals surface area contributed by atoms with Gasteiger partial charge >= 0.3 is 0 Å². The summed E-state index contributed by atoms with van der Waals surface area (Å²) >= 11 is 0. The van der Waals surface area contributed by atoms with Gasteiger partial charge in [-0.2, -0.15) is 0 Å². The highest BCUT2D eigenvalue weighted by Gasteiger charge is 2.39. The Morgan fingerprint density at radius 1 is 1.29 bits per heavy atom. The second-order valence-electron chi connectivity index (χ2n) is 6.44. The van der Waals surface area contributed by atoms with Gasteiger partial charge in [-0.25, -0.2) is 0 Å². The van der Waals surface area contributed by atoms with Crippen molar-refractivity contribution >= 4 is 17.7 Å². The third-order valence-electron chi connectivity index (χ3n) is 4.31. The van der Waals surface area contributed by atoms with Crippen molar-refractivity contribution in [1.82, 2.24) is 10.2 Å². The van der Waals surface area contributed by atoms with E-state index in [1.54, 1.807) is 0 Å². The van der Waals surface area contributed by atoms with Gasteiger partial charge < -0.3 is 10.4 Å². The van der Waals surface area contributed by atoms with Crippen molar-refractivity contribution in [2.75, 3.05) is 6.54 Å². The highest BCUT2D eigenvalue weighted by atomic mass is 16.3. The van der Waals surface area contributed by atoms with Gasteiger partial charge in [-0.3, -0.25) is 19.3 Å². The Morgan fingerprint density at radius 2 is 1.90 bits per heavy atom. The Bertz CT molecular complexity index is 427. The van der Waals surface area contributed by atoms with Crippen LogP contribution in [0.5, 0.6) is 0 Å². The molecule has 1 saturated heterocycles. The van der Waals surface area contributed by atoms with Gasteiger partial charge in [0.1, 0.15) is 6.10 Å². The summed E-state index contributed by atoms with van der Waals surface area (Å²) in [5.41, 5.74) is 0. The first-order valence-corrected chi connectivity index (χ1v) is 7.71. The van der Waals surface area contributed by atoms with Crippen molar-refractivity contribution in [3.63, 3.8) is 0 Å². The number of imide groups is 1. The maximum atomic E-state index is 11.9. The molecule has 0 radical (unpaired) electrons. The number of rotatable bonds is 4. The van der Waals surface area contributed by atoms with Gasteiger partial charge in [0.2, 0.25) is 11.8 Å². The Hall–Kier alpha value is -1.43. The molecule has 0 aromatic heterocycles. The summed E-state index contributed by atoms with van der Waals surface area (Å²) in [6.45, 7) is 4.27. The molecule has 6 heteroatoms. The van der Waals surface area contributed by atoms with Crippen molar-refractivity contribution in [3.8, 4) is 0 Å². The number of nitrogens with zero attached hydrogens (tertiary/aromatic N) is 1. The molecule has 6 nitrogen and oxygen atoms in total. The molecular formula is C15H24N2O4. The van der Waals surface area contributed by atoms with E-state index in [4.69, 9.17) is 0 Å². The molecule has 1 atom stereocenters. The van der Waals surface area contributed by atoms with E-state index in [9.17, 15) is 19.5 Å². The molecule has 1 aliphatic carbocycles. The monoisotopic (exact) mass is 296 g/mol. The lowest BCUT2D eigenvalue weighted by molar-refractivity contribution is -0.142. The van der Waals surface area contributed by atoms with E-state index in [-0.39, 0.29) is 36.1 Å². The first-order valence-electron chi connectivity index (χ1n) is 7.71. The molecule has 1 aliphatic heterocycles. The van der Waals surface area contributed by atoms with Gasteiger partial charge in [0.05, 0.1) is 6.42 Å². The highest BCUT2D eigenvalue weighted by Crippen LogP contribution is 2.30. The topological polar surface area (TPSA) is 86.7 Å². The van der Waals surface area contributed by atoms with Crippen LogP contribution in [0.4, 0.5) is 0 Å². The predicted octanol–water partition coefficient (Wildman–Crippen LogP) is 0.437. The van der Waals surface area contributed by atoms with Crippen LogP contribution >= 0.6 is 0 Å². The molecule has 21 heavy (non-hydrogen) atoms. The molecule has 118 valence electrons. The van der Waals surface area contributed by atoms with Crippen LogP contribution < -0.4 is 5.32 Å². The SMILES string of the molecule is CC(C)NC(=O)C1CCC(CN2C(=O)CC(O)C2=O)CC1. The fraction of sp³-hybridized carbons (Fsp3) is 0.800. The molecule has 2 aliphatic rings. The summed E-state index contributed by atoms with van der Waals surface area (Å²) in [6, 6.07) is 0.150. The minimum absolute atomic E-state index is 0.0409. The molecule has 1 unspecified atom stereocenters. The second kappa shape index (κ2) is 6.56. The molecule has 1 saturated carbocycles. The zero-order chi connectivity index (χ0) is 15.6. The van der Waals surface area contributed by atoms with Gasteiger partial charge in [0, 0.05) is 18.5 Å². The van der Waals surface area contributed by atoms with Gasteiger partial charge in [-0.05, 0) is 45.4 Å². The van der Waals surface area contributed by atoms with E-state index in [1.165, 1.54) is 4.90 Å². The average Bonchev–Trinajstić information content (AvgIpc) is 2.65. The Balaban J connectivity index is 1.81. The van der Waals surface area contributed by atoms with Crippen LogP contribution in [-0.4, -0.2) is 46.4 Å². The van der Waals surface area contributed by atoms with Crippen molar-refractivity contribution in [1.29, 1.82) is 0 Å². The van der Waals surface area contributed by atoms with E-state index in [0.717, 1.165) is 25.7 Å². The number of carbonyl (C=O) groups is 3. The Morgan fingerprint density at radius 3 is 2.38 bits per heavy atom. The van der Waals surface area contributed by atoms with Crippen LogP contribution in [-0.2, 0) is 14.4 Å². The lowest BCUT2D eigenvalue weighted by Gasteiger charge is -2.30. The molecular weight excluding hydrogens is 272 g/mol. The number of likely N-dealkylation sites (tertiary alicyclic amines) is 1. The zero-order valence-corrected chi connectivity index (χ0v) is 12.7. The van der Waals surface area contributed by atoms with E-state index >= 15 is 0 Å². The molecule has 0 spiro atoms. The van der Waals surface area contributed by atoms with E-state index in [2.05, 4.69) is 5.32 Å². The van der Waals surface area contributed by atoms with Gasteiger partial charge in [0.15, 0.2) is 0 Å². The number of amides is 3. The fourth-order valence-electron chi connectivity index (χ4n) is 3.13. The van der Waals surface area contributed by atoms with Crippen LogP contribution in [0.3, 0.4) is 0 Å². The number of hydrogen-bond donors (Lipinski definition) is 2. The van der Waals surface area contributed by atoms with E-state index < -0.39 is 12.0 Å². The number of carbonyl (C=O) groups excluding carboxylic acids is 3. The molecule has 0 aromatic carbocycles. The second-order valence-corrected chi connectivity index (χ2v) is 6.44. The largest absolute Gasteiger partial charge is 0.383 e. The van der Waals surface area contributed by atoms with Gasteiger partial charge in [0.25, 0.3) is 5.91 Å². The summed E-state index contributed by atoms with van der Waals surface area (Å²) < 4.78 is 0. The minimum atomic E-state index is -1.16. The Kier molecular flexibility index (Phi) is 4.98. The predicted molar refractivity (Wildman–Crippen MR) is 76.1 cm³/mol. The maximum absolute atomic E-state index is 11.9. The number of aliphatic hydroxyl groups is 1. The molecule has 1 heterocycles. The van der Waals surface area contributed by atoms with Crippen molar-refractivity contribution in [2.24, 2.45) is 11.8 Å². The third kappa shape index (κ3) is 3.81. The smallest absolute Gasteiger partial charge is 0.258 e. The summed E-state index contributed by atoms with van der Waals surface area (Å²) in [5.74, 6) is -0.371. The lowest BCUT2D eigenvalue weighted by atomic mass is 9.81. The molecule has 0 aromatic rings. The van der Waals surface area contributed by atoms with Crippen molar-refractivity contribution in [3.05, 3.63) is 0 Å². The zero-order valence-electron chi connectivity index (χ0n) is 12.7. The van der Waals surface area contributed by atoms with Gasteiger partial charge in [-0.1, -0.05) is 0 Å². The maximum Gasteiger partial charge on any atom is 0.258 e. The lowest BCUT2D eigenvalue weighted by Crippen LogP contribution is -2.40. The van der Waals surface area contributed by atoms with Crippen LogP contribution in [0.15, 0.2) is 0 Å². The molecule has 3 amide bonds. The third-order valence-corrected chi connectivity index (χ3v) is 4.31. The van der Waals surface area contributed by atoms with E-state index in [0.29, 0.717) is 6.54 Å². The number of hydrogen-bond acceptors (Lipinski definition) is 4. The molecule has 2 N–H and O–H groups in total. The quantitative estimate of drug-likeness (QED) is 0.737. The van der Waals surface area contributed by atoms with Crippen LogP contribution in [0.2, 0.25) is 0 Å². The van der Waals surface area contributed by atoms with Crippen molar-refractivity contribution in [2.45, 2.75) is 58.1 Å². The summed E-state index contributed by atoms with van der Waals surface area (Å²) in [4.78, 5) is 36.4. The highest BCUT2D eigenvalue weighted by molar-refractivity contribution is 6.04. The fourth-order valence-corrected chi connectivity index (χ4v) is 3.13. The molecule has 2 rings (SSSR count). The first kappa shape index (κ1) is 15.9. The molecule has 2 fully saturated rings. The summed E-state index contributed by atoms with van der Waals surface area (Å²) in [6.07, 6.45) is 2.01. The summed E-state index contributed by atoms with van der Waals surface area (Å²) in [5, 5.41) is 12.3. The van der Waals surface area contributed by atoms with Crippen molar-refractivity contribution < 1.29 is 19.5 Å².